The van der Waals surface area contributed by atoms with Crippen molar-refractivity contribution in [3.63, 3.8) is 0 Å². The highest BCUT2D eigenvalue weighted by Crippen LogP contribution is 1.93. The molecule has 0 saturated heterocycles. The molecular weight excluding hydrogens is 116 g/mol. The Bertz CT molecular complexity index is 212. The van der Waals surface area contributed by atoms with E-state index in [1.165, 1.54) is 0 Å². The van der Waals surface area contributed by atoms with E-state index in [9.17, 15) is 0 Å². The number of nitriles is 1. The summed E-state index contributed by atoms with van der Waals surface area (Å²) < 4.78 is 0. The molecule has 0 atom stereocenters. The van der Waals surface area contributed by atoms with Crippen LogP contribution >= 0.6 is 0 Å². The van der Waals surface area contributed by atoms with Crippen LogP contribution in [0, 0.1) is 17.7 Å². The van der Waals surface area contributed by atoms with Crippen molar-refractivity contribution >= 4 is 5.82 Å². The molecule has 1 aromatic rings. The molecule has 1 radical (unpaired) electrons. The lowest BCUT2D eigenvalue weighted by atomic mass is 10.5. The molecule has 0 aliphatic carbocycles. The zero-order valence-corrected chi connectivity index (χ0v) is 4.50. The summed E-state index contributed by atoms with van der Waals surface area (Å²) >= 11 is 0. The molecule has 0 aliphatic heterocycles. The fourth-order valence-corrected chi connectivity index (χ4v) is 0.390. The molecule has 0 amide bonds. The second-order valence-corrected chi connectivity index (χ2v) is 1.28. The molecule has 0 aromatic carbocycles. The maximum atomic E-state index is 8.08. The van der Waals surface area contributed by atoms with Gasteiger partial charge < -0.3 is 0 Å². The second kappa shape index (κ2) is 2.62. The molecule has 0 bridgehead atoms. The van der Waals surface area contributed by atoms with Crippen molar-refractivity contribution in [3.05, 3.63) is 18.3 Å². The number of nitrogens with zero attached hydrogens (tertiary/aromatic N) is 3. The van der Waals surface area contributed by atoms with Crippen LogP contribution in [0.15, 0.2) is 12.1 Å². The van der Waals surface area contributed by atoms with E-state index in [0.29, 0.717) is 5.82 Å². The van der Waals surface area contributed by atoms with Crippen LogP contribution in [0.5, 0.6) is 0 Å². The van der Waals surface area contributed by atoms with Gasteiger partial charge in [0.25, 0.3) is 0 Å². The molecule has 43 valence electrons. The first kappa shape index (κ1) is 5.51. The minimum absolute atomic E-state index is 0.441. The average molecular weight is 119 g/mol. The van der Waals surface area contributed by atoms with Crippen LogP contribution in [0.3, 0.4) is 0 Å². The third-order valence-electron chi connectivity index (χ3n) is 0.715. The van der Waals surface area contributed by atoms with Gasteiger partial charge in [0.1, 0.15) is 6.20 Å². The zero-order valence-electron chi connectivity index (χ0n) is 4.50. The van der Waals surface area contributed by atoms with Crippen LogP contribution in [0.1, 0.15) is 0 Å². The minimum Gasteiger partial charge on any atom is -0.275 e. The van der Waals surface area contributed by atoms with E-state index in [-0.39, 0.29) is 0 Å². The topological polar surface area (TPSA) is 61.6 Å². The summed E-state index contributed by atoms with van der Waals surface area (Å²) in [6, 6.07) is 3.18. The lowest BCUT2D eigenvalue weighted by Gasteiger charge is -1.88. The van der Waals surface area contributed by atoms with Gasteiger partial charge in [0.05, 0.1) is 0 Å². The van der Waals surface area contributed by atoms with Gasteiger partial charge in [0.15, 0.2) is 12.0 Å². The van der Waals surface area contributed by atoms with Gasteiger partial charge in [0.2, 0.25) is 0 Å². The molecule has 0 spiro atoms. The highest BCUT2D eigenvalue weighted by Gasteiger charge is 1.85. The highest BCUT2D eigenvalue weighted by molar-refractivity contribution is 5.35. The van der Waals surface area contributed by atoms with Crippen LogP contribution in [-0.2, 0) is 0 Å². The van der Waals surface area contributed by atoms with E-state index < -0.39 is 0 Å². The predicted octanol–water partition coefficient (Wildman–Crippen LogP) is 0.170. The highest BCUT2D eigenvalue weighted by atomic mass is 15.2. The first-order chi connectivity index (χ1) is 4.43. The van der Waals surface area contributed by atoms with Crippen LogP contribution < -0.4 is 5.32 Å². The Labute approximate surface area is 52.1 Å². The number of nitrogens with one attached hydrogen (secondary N) is 1. The number of hydrogen-bond donors (Lipinski definition) is 1. The molecule has 4 heteroatoms. The first-order valence-corrected chi connectivity index (χ1v) is 2.28. The summed E-state index contributed by atoms with van der Waals surface area (Å²) in [6.45, 7) is 0. The smallest absolute Gasteiger partial charge is 0.182 e. The summed E-state index contributed by atoms with van der Waals surface area (Å²) in [5.41, 5.74) is 0. The fourth-order valence-electron chi connectivity index (χ4n) is 0.390. The Morgan fingerprint density at radius 1 is 1.78 bits per heavy atom. The lowest BCUT2D eigenvalue weighted by Crippen LogP contribution is -1.91. The summed E-state index contributed by atoms with van der Waals surface area (Å²) in [4.78, 5) is 0. The Hall–Kier alpha value is -1.63. The van der Waals surface area contributed by atoms with Crippen molar-refractivity contribution in [1.82, 2.24) is 10.2 Å². The summed E-state index contributed by atoms with van der Waals surface area (Å²) in [6.07, 6.45) is 4.20. The van der Waals surface area contributed by atoms with Gasteiger partial charge in [0, 0.05) is 0 Å². The minimum atomic E-state index is 0.441. The third-order valence-corrected chi connectivity index (χ3v) is 0.715. The summed E-state index contributed by atoms with van der Waals surface area (Å²) in [7, 11) is 0. The van der Waals surface area contributed by atoms with Gasteiger partial charge in [-0.2, -0.15) is 5.26 Å². The van der Waals surface area contributed by atoms with Crippen molar-refractivity contribution in [2.45, 2.75) is 0 Å². The zero-order chi connectivity index (χ0) is 6.53. The van der Waals surface area contributed by atoms with E-state index in [2.05, 4.69) is 21.7 Å². The quantitative estimate of drug-likeness (QED) is 0.422. The monoisotopic (exact) mass is 119 g/mol. The van der Waals surface area contributed by atoms with Crippen LogP contribution in [-0.4, -0.2) is 10.2 Å². The molecule has 1 aromatic heterocycles. The van der Waals surface area contributed by atoms with E-state index in [1.54, 1.807) is 18.3 Å². The number of rotatable bonds is 1. The molecule has 0 saturated carbocycles. The van der Waals surface area contributed by atoms with E-state index >= 15 is 0 Å². The second-order valence-electron chi connectivity index (χ2n) is 1.28. The number of hydrogen-bond acceptors (Lipinski definition) is 4. The van der Waals surface area contributed by atoms with Gasteiger partial charge in [-0.25, -0.2) is 0 Å². The Morgan fingerprint density at radius 2 is 2.67 bits per heavy atom. The van der Waals surface area contributed by atoms with Gasteiger partial charge in [-0.3, -0.25) is 5.32 Å². The van der Waals surface area contributed by atoms with Crippen molar-refractivity contribution in [2.24, 2.45) is 0 Å². The SMILES string of the molecule is N#CNc1cc[c]nn1. The van der Waals surface area contributed by atoms with E-state index in [0.717, 1.165) is 0 Å². The molecule has 1 rings (SSSR count). The normalized spacial score (nSPS) is 7.89. The summed E-state index contributed by atoms with van der Waals surface area (Å²) in [5, 5.41) is 17.3. The first-order valence-electron chi connectivity index (χ1n) is 2.28. The predicted molar refractivity (Wildman–Crippen MR) is 30.1 cm³/mol. The standard InChI is InChI=1S/C5H3N4/c6-4-7-5-2-1-3-8-9-5/h1-2H,(H,7,9). The van der Waals surface area contributed by atoms with Crippen molar-refractivity contribution in [1.29, 1.82) is 5.26 Å². The number of anilines is 1. The van der Waals surface area contributed by atoms with Crippen molar-refractivity contribution in [2.75, 3.05) is 5.32 Å². The maximum Gasteiger partial charge on any atom is 0.182 e. The lowest BCUT2D eigenvalue weighted by molar-refractivity contribution is 1.03. The van der Waals surface area contributed by atoms with Crippen LogP contribution in [0.25, 0.3) is 0 Å². The molecule has 1 N–H and O–H groups in total. The van der Waals surface area contributed by atoms with E-state index in [1.807, 2.05) is 0 Å². The maximum absolute atomic E-state index is 8.08. The van der Waals surface area contributed by atoms with E-state index in [4.69, 9.17) is 5.26 Å². The fraction of sp³-hybridized carbons (Fsp3) is 0. The molecule has 4 nitrogen and oxygen atoms in total. The molecule has 9 heavy (non-hydrogen) atoms. The largest absolute Gasteiger partial charge is 0.275 e. The van der Waals surface area contributed by atoms with Crippen LogP contribution in [0.4, 0.5) is 5.82 Å². The van der Waals surface area contributed by atoms with Gasteiger partial charge in [-0.05, 0) is 12.1 Å². The third kappa shape index (κ3) is 1.39. The molecular formula is C5H3N4. The van der Waals surface area contributed by atoms with Crippen molar-refractivity contribution < 1.29 is 0 Å². The van der Waals surface area contributed by atoms with Crippen LogP contribution in [0.2, 0.25) is 0 Å². The molecule has 0 aliphatic rings. The Kier molecular flexibility index (Phi) is 1.60. The summed E-state index contributed by atoms with van der Waals surface area (Å²) in [5.74, 6) is 0.441. The van der Waals surface area contributed by atoms with Gasteiger partial charge >= 0.3 is 0 Å². The number of aromatic nitrogens is 2. The van der Waals surface area contributed by atoms with Crippen molar-refractivity contribution in [3.8, 4) is 6.19 Å². The molecule has 1 heterocycles. The Morgan fingerprint density at radius 3 is 3.22 bits per heavy atom. The van der Waals surface area contributed by atoms with Gasteiger partial charge in [-0.1, -0.05) is 0 Å². The Balaban J connectivity index is 2.76. The molecule has 0 unspecified atom stereocenters. The average Bonchev–Trinajstić information content (AvgIpc) is 1.91. The van der Waals surface area contributed by atoms with Gasteiger partial charge in [-0.15, -0.1) is 10.2 Å². The molecule has 0 fully saturated rings.